The molecule has 0 aromatic heterocycles. The van der Waals surface area contributed by atoms with Gasteiger partial charge in [0.1, 0.15) is 0 Å². The summed E-state index contributed by atoms with van der Waals surface area (Å²) in [5.74, 6) is 0.336. The van der Waals surface area contributed by atoms with Crippen LogP contribution in [0.3, 0.4) is 0 Å². The molecule has 20 heavy (non-hydrogen) atoms. The SMILES string of the molecule is CCC1(CC)CCCN(C(=O)C2COC(CN)C2)CC1. The topological polar surface area (TPSA) is 55.6 Å². The van der Waals surface area contributed by atoms with Crippen LogP contribution in [0, 0.1) is 11.3 Å². The summed E-state index contributed by atoms with van der Waals surface area (Å²) in [5.41, 5.74) is 6.08. The summed E-state index contributed by atoms with van der Waals surface area (Å²) in [6.07, 6.45) is 6.90. The Hall–Kier alpha value is -0.610. The van der Waals surface area contributed by atoms with Crippen LogP contribution in [0.5, 0.6) is 0 Å². The normalized spacial score (nSPS) is 30.2. The molecular weight excluding hydrogens is 252 g/mol. The minimum absolute atomic E-state index is 0.0410. The number of carbonyl (C=O) groups is 1. The Bertz CT molecular complexity index is 328. The molecule has 2 unspecified atom stereocenters. The second-order valence-electron chi connectivity index (χ2n) is 6.51. The average molecular weight is 282 g/mol. The second-order valence-corrected chi connectivity index (χ2v) is 6.51. The lowest BCUT2D eigenvalue weighted by Crippen LogP contribution is -2.37. The third-order valence-electron chi connectivity index (χ3n) is 5.55. The van der Waals surface area contributed by atoms with Crippen LogP contribution in [0.25, 0.3) is 0 Å². The van der Waals surface area contributed by atoms with E-state index in [0.717, 1.165) is 32.4 Å². The van der Waals surface area contributed by atoms with Gasteiger partial charge in [-0.2, -0.15) is 0 Å². The van der Waals surface area contributed by atoms with Crippen LogP contribution in [0.1, 0.15) is 52.4 Å². The Labute approximate surface area is 123 Å². The van der Waals surface area contributed by atoms with Gasteiger partial charge in [-0.15, -0.1) is 0 Å². The van der Waals surface area contributed by atoms with Crippen molar-refractivity contribution in [3.63, 3.8) is 0 Å². The number of hydrogen-bond acceptors (Lipinski definition) is 3. The van der Waals surface area contributed by atoms with E-state index in [1.165, 1.54) is 19.3 Å². The highest BCUT2D eigenvalue weighted by molar-refractivity contribution is 5.79. The Morgan fingerprint density at radius 1 is 1.30 bits per heavy atom. The summed E-state index contributed by atoms with van der Waals surface area (Å²) in [6.45, 7) is 7.51. The van der Waals surface area contributed by atoms with Crippen molar-refractivity contribution in [2.24, 2.45) is 17.1 Å². The number of nitrogens with zero attached hydrogens (tertiary/aromatic N) is 1. The van der Waals surface area contributed by atoms with Gasteiger partial charge in [-0.1, -0.05) is 26.7 Å². The zero-order valence-electron chi connectivity index (χ0n) is 13.1. The van der Waals surface area contributed by atoms with Gasteiger partial charge in [0.15, 0.2) is 0 Å². The van der Waals surface area contributed by atoms with Gasteiger partial charge >= 0.3 is 0 Å². The molecule has 2 saturated heterocycles. The highest BCUT2D eigenvalue weighted by Crippen LogP contribution is 2.38. The number of carbonyl (C=O) groups excluding carboxylic acids is 1. The molecule has 2 aliphatic heterocycles. The molecule has 0 aromatic carbocycles. The van der Waals surface area contributed by atoms with E-state index in [0.29, 0.717) is 24.5 Å². The monoisotopic (exact) mass is 282 g/mol. The van der Waals surface area contributed by atoms with Crippen molar-refractivity contribution in [1.82, 2.24) is 4.90 Å². The number of hydrogen-bond donors (Lipinski definition) is 1. The van der Waals surface area contributed by atoms with E-state index in [2.05, 4.69) is 18.7 Å². The molecule has 0 aliphatic carbocycles. The summed E-state index contributed by atoms with van der Waals surface area (Å²) >= 11 is 0. The van der Waals surface area contributed by atoms with Gasteiger partial charge in [-0.25, -0.2) is 0 Å². The number of amides is 1. The molecule has 0 saturated carbocycles. The molecule has 2 heterocycles. The Morgan fingerprint density at radius 2 is 2.05 bits per heavy atom. The number of ether oxygens (including phenoxy) is 1. The van der Waals surface area contributed by atoms with E-state index in [-0.39, 0.29) is 12.0 Å². The van der Waals surface area contributed by atoms with Gasteiger partial charge in [0, 0.05) is 19.6 Å². The lowest BCUT2D eigenvalue weighted by Gasteiger charge is -2.30. The van der Waals surface area contributed by atoms with Crippen LogP contribution in [0.15, 0.2) is 0 Å². The van der Waals surface area contributed by atoms with E-state index in [4.69, 9.17) is 10.5 Å². The van der Waals surface area contributed by atoms with Crippen LogP contribution in [0.4, 0.5) is 0 Å². The van der Waals surface area contributed by atoms with Gasteiger partial charge in [0.25, 0.3) is 0 Å². The lowest BCUT2D eigenvalue weighted by molar-refractivity contribution is -0.135. The first-order chi connectivity index (χ1) is 9.64. The van der Waals surface area contributed by atoms with E-state index < -0.39 is 0 Å². The van der Waals surface area contributed by atoms with Crippen LogP contribution in [-0.4, -0.2) is 43.2 Å². The van der Waals surface area contributed by atoms with E-state index in [1.807, 2.05) is 0 Å². The summed E-state index contributed by atoms with van der Waals surface area (Å²) in [5, 5.41) is 0. The van der Waals surface area contributed by atoms with E-state index >= 15 is 0 Å². The average Bonchev–Trinajstić information content (AvgIpc) is 2.86. The van der Waals surface area contributed by atoms with Crippen LogP contribution >= 0.6 is 0 Å². The zero-order chi connectivity index (χ0) is 14.6. The number of rotatable bonds is 4. The first kappa shape index (κ1) is 15.8. The van der Waals surface area contributed by atoms with Gasteiger partial charge in [-0.05, 0) is 31.1 Å². The maximum Gasteiger partial charge on any atom is 0.228 e. The first-order valence-electron chi connectivity index (χ1n) is 8.24. The van der Waals surface area contributed by atoms with Crippen molar-refractivity contribution in [3.05, 3.63) is 0 Å². The lowest BCUT2D eigenvalue weighted by atomic mass is 9.76. The molecule has 4 nitrogen and oxygen atoms in total. The third-order valence-corrected chi connectivity index (χ3v) is 5.55. The molecule has 4 heteroatoms. The van der Waals surface area contributed by atoms with Gasteiger partial charge in [0.05, 0.1) is 18.6 Å². The molecule has 0 radical (unpaired) electrons. The maximum absolute atomic E-state index is 12.6. The fraction of sp³-hybridized carbons (Fsp3) is 0.938. The molecule has 0 aromatic rings. The van der Waals surface area contributed by atoms with Crippen molar-refractivity contribution in [3.8, 4) is 0 Å². The Kier molecular flexibility index (Phi) is 5.44. The van der Waals surface area contributed by atoms with Crippen molar-refractivity contribution in [2.45, 2.75) is 58.5 Å². The molecule has 2 N–H and O–H groups in total. The highest BCUT2D eigenvalue weighted by atomic mass is 16.5. The minimum Gasteiger partial charge on any atom is -0.376 e. The predicted molar refractivity (Wildman–Crippen MR) is 80.3 cm³/mol. The van der Waals surface area contributed by atoms with Crippen molar-refractivity contribution in [1.29, 1.82) is 0 Å². The third kappa shape index (κ3) is 3.34. The molecule has 116 valence electrons. The first-order valence-corrected chi connectivity index (χ1v) is 8.24. The fourth-order valence-corrected chi connectivity index (χ4v) is 3.73. The molecule has 0 spiro atoms. The molecular formula is C16H30N2O2. The fourth-order valence-electron chi connectivity index (χ4n) is 3.73. The molecule has 2 aliphatic rings. The Morgan fingerprint density at radius 3 is 2.65 bits per heavy atom. The van der Waals surface area contributed by atoms with Crippen molar-refractivity contribution in [2.75, 3.05) is 26.2 Å². The molecule has 2 atom stereocenters. The van der Waals surface area contributed by atoms with Crippen LogP contribution in [0.2, 0.25) is 0 Å². The molecule has 2 rings (SSSR count). The minimum atomic E-state index is 0.0410. The van der Waals surface area contributed by atoms with Crippen LogP contribution in [-0.2, 0) is 9.53 Å². The summed E-state index contributed by atoms with van der Waals surface area (Å²) < 4.78 is 5.57. The highest BCUT2D eigenvalue weighted by Gasteiger charge is 2.35. The maximum atomic E-state index is 12.6. The van der Waals surface area contributed by atoms with Crippen molar-refractivity contribution >= 4 is 5.91 Å². The van der Waals surface area contributed by atoms with E-state index in [1.54, 1.807) is 0 Å². The summed E-state index contributed by atoms with van der Waals surface area (Å²) in [6, 6.07) is 0. The van der Waals surface area contributed by atoms with Gasteiger partial charge in [0.2, 0.25) is 5.91 Å². The quantitative estimate of drug-likeness (QED) is 0.860. The van der Waals surface area contributed by atoms with Gasteiger partial charge in [-0.3, -0.25) is 4.79 Å². The van der Waals surface area contributed by atoms with Crippen molar-refractivity contribution < 1.29 is 9.53 Å². The predicted octanol–water partition coefficient (Wildman–Crippen LogP) is 2.17. The molecule has 0 bridgehead atoms. The van der Waals surface area contributed by atoms with Crippen LogP contribution < -0.4 is 5.73 Å². The summed E-state index contributed by atoms with van der Waals surface area (Å²) in [7, 11) is 0. The molecule has 2 fully saturated rings. The number of nitrogens with two attached hydrogens (primary N) is 1. The Balaban J connectivity index is 1.92. The summed E-state index contributed by atoms with van der Waals surface area (Å²) in [4.78, 5) is 14.7. The second kappa shape index (κ2) is 6.90. The standard InChI is InChI=1S/C16H30N2O2/c1-3-16(4-2)6-5-8-18(9-7-16)15(19)13-10-14(11-17)20-12-13/h13-14H,3-12,17H2,1-2H3. The smallest absolute Gasteiger partial charge is 0.228 e. The van der Waals surface area contributed by atoms with E-state index in [9.17, 15) is 4.79 Å². The number of likely N-dealkylation sites (tertiary alicyclic amines) is 1. The van der Waals surface area contributed by atoms with Gasteiger partial charge < -0.3 is 15.4 Å². The largest absolute Gasteiger partial charge is 0.376 e. The zero-order valence-corrected chi connectivity index (χ0v) is 13.1. The molecule has 1 amide bonds.